The highest BCUT2D eigenvalue weighted by Crippen LogP contribution is 2.26. The Morgan fingerprint density at radius 3 is 2.39 bits per heavy atom. The minimum absolute atomic E-state index is 0.254. The zero-order valence-electron chi connectivity index (χ0n) is 13.3. The van der Waals surface area contributed by atoms with Gasteiger partial charge in [-0.25, -0.2) is 0 Å². The second-order valence-corrected chi connectivity index (χ2v) is 6.30. The van der Waals surface area contributed by atoms with E-state index >= 15 is 0 Å². The van der Waals surface area contributed by atoms with E-state index in [2.05, 4.69) is 11.4 Å². The van der Waals surface area contributed by atoms with Crippen molar-refractivity contribution in [3.63, 3.8) is 0 Å². The lowest BCUT2D eigenvalue weighted by Gasteiger charge is -2.18. The fourth-order valence-electron chi connectivity index (χ4n) is 2.29. The normalized spacial score (nSPS) is 11.9. The van der Waals surface area contributed by atoms with Crippen LogP contribution in [0.3, 0.4) is 0 Å². The van der Waals surface area contributed by atoms with Gasteiger partial charge in [0.05, 0.1) is 10.7 Å². The van der Waals surface area contributed by atoms with Gasteiger partial charge in [0, 0.05) is 5.02 Å². The van der Waals surface area contributed by atoms with Crippen molar-refractivity contribution in [2.45, 2.75) is 33.3 Å². The second-order valence-electron chi connectivity index (χ2n) is 5.45. The molecule has 1 N–H and O–H groups in total. The molecular formula is C18H19Cl2NO2. The van der Waals surface area contributed by atoms with E-state index < -0.39 is 6.10 Å². The Bertz CT molecular complexity index is 696. The highest BCUT2D eigenvalue weighted by atomic mass is 35.5. The van der Waals surface area contributed by atoms with Crippen LogP contribution in [0, 0.1) is 13.8 Å². The van der Waals surface area contributed by atoms with Crippen molar-refractivity contribution in [1.29, 1.82) is 0 Å². The summed E-state index contributed by atoms with van der Waals surface area (Å²) < 4.78 is 5.84. The third kappa shape index (κ3) is 4.88. The van der Waals surface area contributed by atoms with Crippen LogP contribution in [0.5, 0.6) is 5.75 Å². The first kappa shape index (κ1) is 17.6. The van der Waals surface area contributed by atoms with Gasteiger partial charge in [-0.3, -0.25) is 4.79 Å². The third-order valence-electron chi connectivity index (χ3n) is 3.32. The molecule has 0 aliphatic rings. The van der Waals surface area contributed by atoms with Crippen LogP contribution in [-0.2, 0) is 4.79 Å². The molecule has 0 fully saturated rings. The number of nitrogens with one attached hydrogen (secondary N) is 1. The van der Waals surface area contributed by atoms with Crippen molar-refractivity contribution >= 4 is 34.8 Å². The smallest absolute Gasteiger partial charge is 0.265 e. The number of hydrogen-bond donors (Lipinski definition) is 1. The van der Waals surface area contributed by atoms with E-state index in [0.717, 1.165) is 11.1 Å². The number of carbonyl (C=O) groups excluding carboxylic acids is 1. The number of ether oxygens (including phenoxy) is 1. The molecule has 0 bridgehead atoms. The monoisotopic (exact) mass is 351 g/mol. The molecule has 0 saturated carbocycles. The van der Waals surface area contributed by atoms with Gasteiger partial charge < -0.3 is 10.1 Å². The van der Waals surface area contributed by atoms with Crippen LogP contribution in [0.4, 0.5) is 5.69 Å². The maximum atomic E-state index is 12.4. The van der Waals surface area contributed by atoms with Crippen LogP contribution >= 0.6 is 23.2 Å². The van der Waals surface area contributed by atoms with Gasteiger partial charge >= 0.3 is 0 Å². The summed E-state index contributed by atoms with van der Waals surface area (Å²) in [6, 6.07) is 10.8. The van der Waals surface area contributed by atoms with Crippen LogP contribution in [-0.4, -0.2) is 12.0 Å². The Hall–Kier alpha value is -1.71. The number of benzene rings is 2. The molecular weight excluding hydrogens is 333 g/mol. The molecule has 0 aromatic heterocycles. The van der Waals surface area contributed by atoms with Crippen molar-refractivity contribution in [3.8, 4) is 5.75 Å². The molecule has 3 nitrogen and oxygen atoms in total. The first-order valence-electron chi connectivity index (χ1n) is 7.40. The molecule has 23 heavy (non-hydrogen) atoms. The number of halogens is 2. The van der Waals surface area contributed by atoms with Crippen LogP contribution in [0.1, 0.15) is 24.5 Å². The SMILES string of the molecule is CCC(Oc1cc(C)cc(C)c1)C(=O)Nc1cc(Cl)ccc1Cl. The zero-order chi connectivity index (χ0) is 17.0. The summed E-state index contributed by atoms with van der Waals surface area (Å²) in [6.45, 7) is 5.88. The van der Waals surface area contributed by atoms with E-state index in [1.165, 1.54) is 0 Å². The molecule has 0 aliphatic carbocycles. The number of amides is 1. The maximum Gasteiger partial charge on any atom is 0.265 e. The third-order valence-corrected chi connectivity index (χ3v) is 3.89. The molecule has 1 unspecified atom stereocenters. The summed E-state index contributed by atoms with van der Waals surface area (Å²) in [5, 5.41) is 3.71. The minimum atomic E-state index is -0.605. The van der Waals surface area contributed by atoms with Gasteiger partial charge in [0.25, 0.3) is 5.91 Å². The molecule has 0 radical (unpaired) electrons. The van der Waals surface area contributed by atoms with Gasteiger partial charge in [0.2, 0.25) is 0 Å². The predicted molar refractivity (Wildman–Crippen MR) is 95.7 cm³/mol. The Morgan fingerprint density at radius 1 is 1.13 bits per heavy atom. The van der Waals surface area contributed by atoms with Crippen molar-refractivity contribution < 1.29 is 9.53 Å². The second kappa shape index (κ2) is 7.71. The molecule has 0 heterocycles. The molecule has 5 heteroatoms. The van der Waals surface area contributed by atoms with Crippen molar-refractivity contribution in [3.05, 3.63) is 57.6 Å². The van der Waals surface area contributed by atoms with Gasteiger partial charge in [-0.05, 0) is 61.7 Å². The maximum absolute atomic E-state index is 12.4. The number of aryl methyl sites for hydroxylation is 2. The predicted octanol–water partition coefficient (Wildman–Crippen LogP) is 5.41. The minimum Gasteiger partial charge on any atom is -0.481 e. The Kier molecular flexibility index (Phi) is 5.91. The molecule has 0 saturated heterocycles. The van der Waals surface area contributed by atoms with Crippen LogP contribution in [0.15, 0.2) is 36.4 Å². The first-order chi connectivity index (χ1) is 10.9. The van der Waals surface area contributed by atoms with Crippen LogP contribution < -0.4 is 10.1 Å². The highest BCUT2D eigenvalue weighted by Gasteiger charge is 2.19. The highest BCUT2D eigenvalue weighted by molar-refractivity contribution is 6.35. The van der Waals surface area contributed by atoms with E-state index in [1.807, 2.05) is 32.9 Å². The molecule has 122 valence electrons. The van der Waals surface area contributed by atoms with Gasteiger partial charge in [-0.15, -0.1) is 0 Å². The van der Waals surface area contributed by atoms with E-state index in [1.54, 1.807) is 18.2 Å². The van der Waals surface area contributed by atoms with E-state index in [9.17, 15) is 4.79 Å². The van der Waals surface area contributed by atoms with Gasteiger partial charge in [0.1, 0.15) is 5.75 Å². The van der Waals surface area contributed by atoms with Gasteiger partial charge in [-0.2, -0.15) is 0 Å². The summed E-state index contributed by atoms with van der Waals surface area (Å²) in [5.41, 5.74) is 2.66. The number of carbonyl (C=O) groups is 1. The lowest BCUT2D eigenvalue weighted by Crippen LogP contribution is -2.32. The standard InChI is InChI=1S/C18H19Cl2NO2/c1-4-17(23-14-8-11(2)7-12(3)9-14)18(22)21-16-10-13(19)5-6-15(16)20/h5-10,17H,4H2,1-3H3,(H,21,22). The molecule has 2 aromatic rings. The Morgan fingerprint density at radius 2 is 1.78 bits per heavy atom. The fraction of sp³-hybridized carbons (Fsp3) is 0.278. The van der Waals surface area contributed by atoms with E-state index in [0.29, 0.717) is 27.9 Å². The summed E-state index contributed by atoms with van der Waals surface area (Å²) >= 11 is 12.0. The summed E-state index contributed by atoms with van der Waals surface area (Å²) in [7, 11) is 0. The molecule has 1 amide bonds. The number of hydrogen-bond acceptors (Lipinski definition) is 2. The molecule has 2 aromatic carbocycles. The summed E-state index contributed by atoms with van der Waals surface area (Å²) in [6.07, 6.45) is -0.0666. The average Bonchev–Trinajstić information content (AvgIpc) is 2.47. The van der Waals surface area contributed by atoms with Gasteiger partial charge in [0.15, 0.2) is 6.10 Å². The van der Waals surface area contributed by atoms with Crippen molar-refractivity contribution in [2.24, 2.45) is 0 Å². The molecule has 0 aliphatic heterocycles. The Labute approximate surface area is 146 Å². The average molecular weight is 352 g/mol. The topological polar surface area (TPSA) is 38.3 Å². The quantitative estimate of drug-likeness (QED) is 0.782. The van der Waals surface area contributed by atoms with Crippen molar-refractivity contribution in [1.82, 2.24) is 0 Å². The Balaban J connectivity index is 2.13. The van der Waals surface area contributed by atoms with Crippen LogP contribution in [0.2, 0.25) is 10.0 Å². The van der Waals surface area contributed by atoms with E-state index in [4.69, 9.17) is 27.9 Å². The summed E-state index contributed by atoms with van der Waals surface area (Å²) in [5.74, 6) is 0.428. The largest absolute Gasteiger partial charge is 0.481 e. The fourth-order valence-corrected chi connectivity index (χ4v) is 2.63. The molecule has 2 rings (SSSR count). The summed E-state index contributed by atoms with van der Waals surface area (Å²) in [4.78, 5) is 12.4. The lowest BCUT2D eigenvalue weighted by molar-refractivity contribution is -0.122. The van der Waals surface area contributed by atoms with Gasteiger partial charge in [-0.1, -0.05) is 36.2 Å². The molecule has 0 spiro atoms. The number of rotatable bonds is 5. The first-order valence-corrected chi connectivity index (χ1v) is 8.15. The van der Waals surface area contributed by atoms with Crippen LogP contribution in [0.25, 0.3) is 0 Å². The lowest BCUT2D eigenvalue weighted by atomic mass is 10.1. The molecule has 1 atom stereocenters. The van der Waals surface area contributed by atoms with Crippen molar-refractivity contribution in [2.75, 3.05) is 5.32 Å². The van der Waals surface area contributed by atoms with E-state index in [-0.39, 0.29) is 5.91 Å². The number of anilines is 1. The zero-order valence-corrected chi connectivity index (χ0v) is 14.8.